The summed E-state index contributed by atoms with van der Waals surface area (Å²) < 4.78 is 27.2. The highest BCUT2D eigenvalue weighted by Gasteiger charge is 2.28. The predicted octanol–water partition coefficient (Wildman–Crippen LogP) is 3.84. The Balaban J connectivity index is 2.26. The van der Waals surface area contributed by atoms with Crippen molar-refractivity contribution in [1.29, 1.82) is 0 Å². The Morgan fingerprint density at radius 2 is 1.64 bits per heavy atom. The second kappa shape index (κ2) is 8.95. The van der Waals surface area contributed by atoms with Crippen molar-refractivity contribution in [2.45, 2.75) is 52.2 Å². The maximum atomic E-state index is 14.0. The van der Waals surface area contributed by atoms with Crippen molar-refractivity contribution in [1.82, 2.24) is 10.2 Å². The van der Waals surface area contributed by atoms with Gasteiger partial charge in [0.05, 0.1) is 6.42 Å². The van der Waals surface area contributed by atoms with Gasteiger partial charge in [0.25, 0.3) is 0 Å². The van der Waals surface area contributed by atoms with Gasteiger partial charge in [-0.3, -0.25) is 9.59 Å². The highest BCUT2D eigenvalue weighted by Crippen LogP contribution is 2.15. The van der Waals surface area contributed by atoms with Gasteiger partial charge in [-0.25, -0.2) is 8.78 Å². The van der Waals surface area contributed by atoms with Crippen LogP contribution in [0.3, 0.4) is 0 Å². The highest BCUT2D eigenvalue weighted by molar-refractivity contribution is 5.88. The quantitative estimate of drug-likeness (QED) is 0.817. The molecular weight excluding hydrogens is 362 g/mol. The lowest BCUT2D eigenvalue weighted by atomic mass is 10.1. The van der Waals surface area contributed by atoms with E-state index in [-0.39, 0.29) is 36.2 Å². The first-order valence-electron chi connectivity index (χ1n) is 9.16. The molecule has 0 saturated carbocycles. The van der Waals surface area contributed by atoms with E-state index in [0.717, 1.165) is 0 Å². The molecule has 2 aromatic rings. The molecule has 28 heavy (non-hydrogen) atoms. The molecule has 2 aromatic carbocycles. The largest absolute Gasteiger partial charge is 0.350 e. The topological polar surface area (TPSA) is 49.4 Å². The summed E-state index contributed by atoms with van der Waals surface area (Å²) >= 11 is 0. The van der Waals surface area contributed by atoms with E-state index >= 15 is 0 Å². The van der Waals surface area contributed by atoms with Crippen LogP contribution in [0.4, 0.5) is 8.78 Å². The van der Waals surface area contributed by atoms with Gasteiger partial charge in [0.15, 0.2) is 0 Å². The lowest BCUT2D eigenvalue weighted by Gasteiger charge is -2.31. The van der Waals surface area contributed by atoms with E-state index in [9.17, 15) is 18.4 Å². The lowest BCUT2D eigenvalue weighted by molar-refractivity contribution is -0.140. The van der Waals surface area contributed by atoms with Gasteiger partial charge < -0.3 is 10.2 Å². The van der Waals surface area contributed by atoms with Gasteiger partial charge in [-0.15, -0.1) is 0 Å². The highest BCUT2D eigenvalue weighted by atomic mass is 19.1. The molecule has 2 amide bonds. The zero-order chi connectivity index (χ0) is 20.9. The minimum atomic E-state index is -0.774. The van der Waals surface area contributed by atoms with Crippen LogP contribution in [0, 0.1) is 11.6 Å². The number of amides is 2. The van der Waals surface area contributed by atoms with Crippen molar-refractivity contribution in [3.05, 3.63) is 71.3 Å². The molecular formula is C22H26F2N2O2. The van der Waals surface area contributed by atoms with Crippen LogP contribution in [-0.4, -0.2) is 28.3 Å². The Bertz CT molecular complexity index is 829. The number of halogens is 2. The van der Waals surface area contributed by atoms with Gasteiger partial charge in [-0.05, 0) is 57.0 Å². The van der Waals surface area contributed by atoms with E-state index < -0.39 is 17.4 Å². The molecule has 0 fully saturated rings. The standard InChI is InChI=1S/C22H26F2N2O2/c1-15(21(28)25-22(2,3)4)26(14-16-9-11-18(23)12-10-16)20(27)13-17-7-5-6-8-19(17)24/h5-12,15H,13-14H2,1-4H3,(H,25,28). The van der Waals surface area contributed by atoms with Crippen LogP contribution in [0.2, 0.25) is 0 Å². The zero-order valence-corrected chi connectivity index (χ0v) is 16.6. The summed E-state index contributed by atoms with van der Waals surface area (Å²) in [5.74, 6) is -1.54. The van der Waals surface area contributed by atoms with Crippen molar-refractivity contribution in [3.63, 3.8) is 0 Å². The monoisotopic (exact) mass is 388 g/mol. The summed E-state index contributed by atoms with van der Waals surface area (Å²) in [6.07, 6.45) is -0.166. The van der Waals surface area contributed by atoms with Crippen molar-refractivity contribution < 1.29 is 18.4 Å². The molecule has 0 aromatic heterocycles. The third kappa shape index (κ3) is 6.15. The molecule has 0 heterocycles. The summed E-state index contributed by atoms with van der Waals surface area (Å²) in [5.41, 5.74) is 0.486. The molecule has 0 bridgehead atoms. The van der Waals surface area contributed by atoms with Gasteiger partial charge in [-0.1, -0.05) is 30.3 Å². The van der Waals surface area contributed by atoms with Gasteiger partial charge in [0.1, 0.15) is 17.7 Å². The Morgan fingerprint density at radius 1 is 1.04 bits per heavy atom. The maximum absolute atomic E-state index is 14.0. The van der Waals surface area contributed by atoms with E-state index in [1.165, 1.54) is 23.1 Å². The average molecular weight is 388 g/mol. The molecule has 0 radical (unpaired) electrons. The molecule has 4 nitrogen and oxygen atoms in total. The van der Waals surface area contributed by atoms with Crippen LogP contribution in [0.5, 0.6) is 0 Å². The van der Waals surface area contributed by atoms with Crippen molar-refractivity contribution in [3.8, 4) is 0 Å². The van der Waals surface area contributed by atoms with Crippen LogP contribution in [0.1, 0.15) is 38.8 Å². The van der Waals surface area contributed by atoms with E-state index in [1.54, 1.807) is 37.3 Å². The number of carbonyl (C=O) groups is 2. The summed E-state index contributed by atoms with van der Waals surface area (Å²) in [6.45, 7) is 7.30. The summed E-state index contributed by atoms with van der Waals surface area (Å²) in [5, 5.41) is 2.86. The molecule has 1 unspecified atom stereocenters. The van der Waals surface area contributed by atoms with Crippen LogP contribution in [-0.2, 0) is 22.6 Å². The van der Waals surface area contributed by atoms with Crippen molar-refractivity contribution in [2.24, 2.45) is 0 Å². The Kier molecular flexibility index (Phi) is 6.89. The number of rotatable bonds is 6. The summed E-state index contributed by atoms with van der Waals surface area (Å²) in [6, 6.07) is 11.0. The van der Waals surface area contributed by atoms with Crippen LogP contribution in [0.25, 0.3) is 0 Å². The third-order valence-electron chi connectivity index (χ3n) is 4.23. The zero-order valence-electron chi connectivity index (χ0n) is 16.6. The van der Waals surface area contributed by atoms with Crippen molar-refractivity contribution in [2.75, 3.05) is 0 Å². The molecule has 0 aliphatic carbocycles. The first-order chi connectivity index (χ1) is 13.1. The normalized spacial score (nSPS) is 12.4. The van der Waals surface area contributed by atoms with E-state index in [4.69, 9.17) is 0 Å². The van der Waals surface area contributed by atoms with Gasteiger partial charge in [0.2, 0.25) is 11.8 Å². The maximum Gasteiger partial charge on any atom is 0.242 e. The first-order valence-corrected chi connectivity index (χ1v) is 9.16. The minimum Gasteiger partial charge on any atom is -0.350 e. The third-order valence-corrected chi connectivity index (χ3v) is 4.23. The minimum absolute atomic E-state index is 0.117. The number of hydrogen-bond acceptors (Lipinski definition) is 2. The van der Waals surface area contributed by atoms with Gasteiger partial charge in [-0.2, -0.15) is 0 Å². The molecule has 0 saturated heterocycles. The molecule has 0 spiro atoms. The fraction of sp³-hybridized carbons (Fsp3) is 0.364. The van der Waals surface area contributed by atoms with Crippen LogP contribution < -0.4 is 5.32 Å². The van der Waals surface area contributed by atoms with Gasteiger partial charge in [0, 0.05) is 12.1 Å². The Hall–Kier alpha value is -2.76. The van der Waals surface area contributed by atoms with Crippen LogP contribution in [0.15, 0.2) is 48.5 Å². The number of hydrogen-bond donors (Lipinski definition) is 1. The lowest BCUT2D eigenvalue weighted by Crippen LogP contribution is -2.52. The van der Waals surface area contributed by atoms with Gasteiger partial charge >= 0.3 is 0 Å². The van der Waals surface area contributed by atoms with E-state index in [1.807, 2.05) is 20.8 Å². The molecule has 0 aliphatic rings. The molecule has 1 atom stereocenters. The summed E-state index contributed by atoms with van der Waals surface area (Å²) in [4.78, 5) is 27.0. The van der Waals surface area contributed by atoms with Crippen LogP contribution >= 0.6 is 0 Å². The molecule has 150 valence electrons. The average Bonchev–Trinajstić information content (AvgIpc) is 2.61. The number of benzene rings is 2. The van der Waals surface area contributed by atoms with E-state index in [2.05, 4.69) is 5.32 Å². The smallest absolute Gasteiger partial charge is 0.242 e. The van der Waals surface area contributed by atoms with E-state index in [0.29, 0.717) is 5.56 Å². The molecule has 0 aliphatic heterocycles. The number of carbonyl (C=O) groups excluding carboxylic acids is 2. The Labute approximate surface area is 164 Å². The second-order valence-electron chi connectivity index (χ2n) is 7.83. The number of nitrogens with zero attached hydrogens (tertiary/aromatic N) is 1. The summed E-state index contributed by atoms with van der Waals surface area (Å²) in [7, 11) is 0. The SMILES string of the molecule is CC(C(=O)NC(C)(C)C)N(Cc1ccc(F)cc1)C(=O)Cc1ccccc1F. The van der Waals surface area contributed by atoms with Crippen molar-refractivity contribution >= 4 is 11.8 Å². The fourth-order valence-electron chi connectivity index (χ4n) is 2.75. The molecule has 2 rings (SSSR count). The number of nitrogens with one attached hydrogen (secondary N) is 1. The molecule has 6 heteroatoms. The molecule has 1 N–H and O–H groups in total. The second-order valence-corrected chi connectivity index (χ2v) is 7.83. The first kappa shape index (κ1) is 21.5. The predicted molar refractivity (Wildman–Crippen MR) is 104 cm³/mol. The Morgan fingerprint density at radius 3 is 2.21 bits per heavy atom. The fourth-order valence-corrected chi connectivity index (χ4v) is 2.75.